The first kappa shape index (κ1) is 9.59. The molecule has 1 aliphatic rings. The zero-order valence-corrected chi connectivity index (χ0v) is 9.03. The lowest BCUT2D eigenvalue weighted by molar-refractivity contribution is -0.137. The highest BCUT2D eigenvalue weighted by molar-refractivity contribution is 8.00. The van der Waals surface area contributed by atoms with Gasteiger partial charge in [-0.05, 0) is 0 Å². The number of esters is 1. The van der Waals surface area contributed by atoms with Gasteiger partial charge in [-0.25, -0.2) is 15.0 Å². The molecule has 2 aromatic heterocycles. The SMILES string of the molecule is O=C1OCCC1Sc1nc2ncncc2[nH]1. The van der Waals surface area contributed by atoms with Crippen LogP contribution in [0.2, 0.25) is 0 Å². The van der Waals surface area contributed by atoms with Crippen molar-refractivity contribution in [2.45, 2.75) is 16.8 Å². The zero-order valence-electron chi connectivity index (χ0n) is 8.21. The van der Waals surface area contributed by atoms with Crippen molar-refractivity contribution in [3.8, 4) is 0 Å². The minimum absolute atomic E-state index is 0.159. The molecule has 0 saturated carbocycles. The Balaban J connectivity index is 1.86. The summed E-state index contributed by atoms with van der Waals surface area (Å²) in [5, 5.41) is 0.521. The minimum Gasteiger partial charge on any atom is -0.465 e. The normalized spacial score (nSPS) is 20.2. The number of nitrogens with one attached hydrogen (secondary N) is 1. The Labute approximate surface area is 94.8 Å². The molecule has 16 heavy (non-hydrogen) atoms. The maximum Gasteiger partial charge on any atom is 0.319 e. The van der Waals surface area contributed by atoms with Crippen molar-refractivity contribution < 1.29 is 9.53 Å². The number of imidazole rings is 1. The molecule has 1 fully saturated rings. The van der Waals surface area contributed by atoms with E-state index in [4.69, 9.17) is 4.74 Å². The molecule has 1 aliphatic heterocycles. The number of ether oxygens (including phenoxy) is 1. The van der Waals surface area contributed by atoms with Crippen LogP contribution in [0.3, 0.4) is 0 Å². The molecule has 0 radical (unpaired) electrons. The number of hydrogen-bond donors (Lipinski definition) is 1. The van der Waals surface area contributed by atoms with Crippen LogP contribution in [0.5, 0.6) is 0 Å². The van der Waals surface area contributed by atoms with Crippen molar-refractivity contribution >= 4 is 28.9 Å². The average Bonchev–Trinajstić information content (AvgIpc) is 2.85. The summed E-state index contributed by atoms with van der Waals surface area (Å²) in [5.74, 6) is -0.170. The molecule has 2 aromatic rings. The summed E-state index contributed by atoms with van der Waals surface area (Å²) in [7, 11) is 0. The van der Waals surface area contributed by atoms with Crippen LogP contribution in [0.4, 0.5) is 0 Å². The van der Waals surface area contributed by atoms with Crippen molar-refractivity contribution in [3.05, 3.63) is 12.5 Å². The van der Waals surface area contributed by atoms with Crippen LogP contribution < -0.4 is 0 Å². The fourth-order valence-corrected chi connectivity index (χ4v) is 2.47. The predicted molar refractivity (Wildman–Crippen MR) is 56.9 cm³/mol. The second-order valence-electron chi connectivity index (χ2n) is 3.36. The number of rotatable bonds is 2. The molecular weight excluding hydrogens is 228 g/mol. The van der Waals surface area contributed by atoms with E-state index in [0.717, 1.165) is 11.9 Å². The fourth-order valence-electron chi connectivity index (χ4n) is 1.51. The van der Waals surface area contributed by atoms with E-state index < -0.39 is 0 Å². The molecular formula is C9H8N4O2S. The van der Waals surface area contributed by atoms with Crippen LogP contribution in [-0.2, 0) is 9.53 Å². The number of hydrogen-bond acceptors (Lipinski definition) is 6. The van der Waals surface area contributed by atoms with E-state index in [1.54, 1.807) is 6.20 Å². The molecule has 1 atom stereocenters. The highest BCUT2D eigenvalue weighted by Crippen LogP contribution is 2.28. The maximum atomic E-state index is 11.3. The summed E-state index contributed by atoms with van der Waals surface area (Å²) < 4.78 is 4.88. The van der Waals surface area contributed by atoms with Gasteiger partial charge in [0.1, 0.15) is 17.1 Å². The van der Waals surface area contributed by atoms with Gasteiger partial charge in [-0.1, -0.05) is 11.8 Å². The molecule has 1 unspecified atom stereocenters. The molecule has 1 N–H and O–H groups in total. The van der Waals surface area contributed by atoms with Crippen LogP contribution in [0.25, 0.3) is 11.2 Å². The molecule has 7 heteroatoms. The first-order valence-electron chi connectivity index (χ1n) is 4.82. The van der Waals surface area contributed by atoms with Crippen molar-refractivity contribution in [2.24, 2.45) is 0 Å². The lowest BCUT2D eigenvalue weighted by Gasteiger charge is -2.00. The van der Waals surface area contributed by atoms with Crippen LogP contribution in [-0.4, -0.2) is 37.8 Å². The van der Waals surface area contributed by atoms with E-state index in [1.807, 2.05) is 0 Å². The first-order chi connectivity index (χ1) is 7.83. The molecule has 0 spiro atoms. The zero-order chi connectivity index (χ0) is 11.0. The van der Waals surface area contributed by atoms with Crippen LogP contribution >= 0.6 is 11.8 Å². The standard InChI is InChI=1S/C9H8N4O2S/c14-8-6(1-2-15-8)16-9-12-5-3-10-4-11-7(5)13-9/h3-4,6H,1-2H2,(H,10,11,12,13). The van der Waals surface area contributed by atoms with Crippen molar-refractivity contribution in [3.63, 3.8) is 0 Å². The highest BCUT2D eigenvalue weighted by Gasteiger charge is 2.28. The smallest absolute Gasteiger partial charge is 0.319 e. The van der Waals surface area contributed by atoms with E-state index in [1.165, 1.54) is 18.1 Å². The number of H-pyrrole nitrogens is 1. The van der Waals surface area contributed by atoms with Gasteiger partial charge in [-0.2, -0.15) is 0 Å². The maximum absolute atomic E-state index is 11.3. The molecule has 0 bridgehead atoms. The Hall–Kier alpha value is -1.63. The Morgan fingerprint density at radius 1 is 1.56 bits per heavy atom. The molecule has 0 amide bonds. The molecule has 6 nitrogen and oxygen atoms in total. The number of thioether (sulfide) groups is 1. The van der Waals surface area contributed by atoms with Gasteiger partial charge >= 0.3 is 5.97 Å². The van der Waals surface area contributed by atoms with Crippen LogP contribution in [0, 0.1) is 0 Å². The van der Waals surface area contributed by atoms with Gasteiger partial charge in [-0.15, -0.1) is 0 Å². The number of aromatic nitrogens is 4. The summed E-state index contributed by atoms with van der Waals surface area (Å²) in [5.41, 5.74) is 1.39. The molecule has 0 aliphatic carbocycles. The molecule has 3 heterocycles. The molecule has 0 aromatic carbocycles. The summed E-state index contributed by atoms with van der Waals surface area (Å²) in [6.07, 6.45) is 3.83. The number of carbonyl (C=O) groups excluding carboxylic acids is 1. The second-order valence-corrected chi connectivity index (χ2v) is 4.56. The average molecular weight is 236 g/mol. The van der Waals surface area contributed by atoms with E-state index >= 15 is 0 Å². The van der Waals surface area contributed by atoms with Crippen LogP contribution in [0.15, 0.2) is 17.7 Å². The lowest BCUT2D eigenvalue weighted by atomic mass is 10.4. The van der Waals surface area contributed by atoms with Gasteiger partial charge in [0, 0.05) is 6.42 Å². The van der Waals surface area contributed by atoms with E-state index in [-0.39, 0.29) is 11.2 Å². The molecule has 3 rings (SSSR count). The van der Waals surface area contributed by atoms with Gasteiger partial charge in [-0.3, -0.25) is 4.79 Å². The monoisotopic (exact) mass is 236 g/mol. The van der Waals surface area contributed by atoms with Crippen molar-refractivity contribution in [1.29, 1.82) is 0 Å². The Kier molecular flexibility index (Phi) is 2.24. The minimum atomic E-state index is -0.170. The second kappa shape index (κ2) is 3.75. The predicted octanol–water partition coefficient (Wildman–Crippen LogP) is 0.760. The van der Waals surface area contributed by atoms with Gasteiger partial charge in [0.25, 0.3) is 0 Å². The summed E-state index contributed by atoms with van der Waals surface area (Å²) in [6, 6.07) is 0. The summed E-state index contributed by atoms with van der Waals surface area (Å²) >= 11 is 1.38. The largest absolute Gasteiger partial charge is 0.465 e. The Bertz CT molecular complexity index is 508. The molecule has 1 saturated heterocycles. The number of fused-ring (bicyclic) bond motifs is 1. The molecule has 82 valence electrons. The Morgan fingerprint density at radius 3 is 3.25 bits per heavy atom. The van der Waals surface area contributed by atoms with Gasteiger partial charge < -0.3 is 9.72 Å². The topological polar surface area (TPSA) is 80.8 Å². The van der Waals surface area contributed by atoms with E-state index in [9.17, 15) is 4.79 Å². The lowest BCUT2D eigenvalue weighted by Crippen LogP contribution is -2.09. The van der Waals surface area contributed by atoms with Gasteiger partial charge in [0.15, 0.2) is 10.8 Å². The van der Waals surface area contributed by atoms with Gasteiger partial charge in [0.05, 0.1) is 12.8 Å². The number of cyclic esters (lactones) is 1. The van der Waals surface area contributed by atoms with E-state index in [0.29, 0.717) is 17.4 Å². The summed E-state index contributed by atoms with van der Waals surface area (Å²) in [6.45, 7) is 0.497. The van der Waals surface area contributed by atoms with Crippen molar-refractivity contribution in [2.75, 3.05) is 6.61 Å². The number of aromatic amines is 1. The number of nitrogens with zero attached hydrogens (tertiary/aromatic N) is 3. The third-order valence-electron chi connectivity index (χ3n) is 2.28. The fraction of sp³-hybridized carbons (Fsp3) is 0.333. The van der Waals surface area contributed by atoms with Crippen molar-refractivity contribution in [1.82, 2.24) is 19.9 Å². The number of carbonyl (C=O) groups is 1. The van der Waals surface area contributed by atoms with Gasteiger partial charge in [0.2, 0.25) is 0 Å². The Morgan fingerprint density at radius 2 is 2.50 bits per heavy atom. The highest BCUT2D eigenvalue weighted by atomic mass is 32.2. The summed E-state index contributed by atoms with van der Waals surface area (Å²) in [4.78, 5) is 26.5. The first-order valence-corrected chi connectivity index (χ1v) is 5.70. The quantitative estimate of drug-likeness (QED) is 0.775. The third-order valence-corrected chi connectivity index (χ3v) is 3.41. The third kappa shape index (κ3) is 1.63. The van der Waals surface area contributed by atoms with Crippen LogP contribution in [0.1, 0.15) is 6.42 Å². The van der Waals surface area contributed by atoms with E-state index in [2.05, 4.69) is 19.9 Å².